The molecule has 0 bridgehead atoms. The first-order valence-electron chi connectivity index (χ1n) is 6.02. The molecule has 2 heterocycles. The summed E-state index contributed by atoms with van der Waals surface area (Å²) >= 11 is 1.41. The highest BCUT2D eigenvalue weighted by molar-refractivity contribution is 7.98. The van der Waals surface area contributed by atoms with Crippen LogP contribution in [0.3, 0.4) is 0 Å². The summed E-state index contributed by atoms with van der Waals surface area (Å²) in [6.07, 6.45) is 0.350. The fourth-order valence-corrected chi connectivity index (χ4v) is 2.14. The molecule has 0 aliphatic heterocycles. The molecule has 0 aliphatic carbocycles. The second-order valence-corrected chi connectivity index (χ2v) is 4.73. The lowest BCUT2D eigenvalue weighted by Gasteiger charge is -2.13. The fraction of sp³-hybridized carbons (Fsp3) is 0.700. The highest BCUT2D eigenvalue weighted by atomic mass is 32.2. The van der Waals surface area contributed by atoms with Gasteiger partial charge in [0.15, 0.2) is 12.1 Å². The molecule has 0 saturated carbocycles. The molecule has 0 saturated heterocycles. The van der Waals surface area contributed by atoms with Crippen molar-refractivity contribution in [3.8, 4) is 0 Å². The van der Waals surface area contributed by atoms with Crippen LogP contribution in [0, 0.1) is 0 Å². The van der Waals surface area contributed by atoms with E-state index < -0.39 is 6.29 Å². The maximum Gasteiger partial charge on any atom is 0.237 e. The Balaban J connectivity index is 1.94. The topological polar surface area (TPSA) is 101 Å². The van der Waals surface area contributed by atoms with Gasteiger partial charge in [-0.15, -0.1) is 5.10 Å². The monoisotopic (exact) mass is 300 g/mol. The van der Waals surface area contributed by atoms with Crippen LogP contribution in [0.15, 0.2) is 9.68 Å². The molecule has 0 spiro atoms. The Morgan fingerprint density at radius 1 is 1.35 bits per heavy atom. The number of hydrogen-bond donors (Lipinski definition) is 0. The van der Waals surface area contributed by atoms with Gasteiger partial charge in [0.1, 0.15) is 0 Å². The molecule has 110 valence electrons. The number of ether oxygens (including phenoxy) is 2. The van der Waals surface area contributed by atoms with E-state index in [1.54, 1.807) is 18.9 Å². The predicted molar refractivity (Wildman–Crippen MR) is 68.9 cm³/mol. The number of hydrogen-bond acceptors (Lipinski definition) is 9. The van der Waals surface area contributed by atoms with Crippen LogP contribution >= 0.6 is 11.8 Å². The van der Waals surface area contributed by atoms with E-state index in [1.165, 1.54) is 11.8 Å². The third-order valence-corrected chi connectivity index (χ3v) is 3.44. The molecular weight excluding hydrogens is 284 g/mol. The van der Waals surface area contributed by atoms with Gasteiger partial charge in [-0.25, -0.2) is 4.68 Å². The average Bonchev–Trinajstić information content (AvgIpc) is 3.11. The first-order valence-corrected chi connectivity index (χ1v) is 7.01. The lowest BCUT2D eigenvalue weighted by Crippen LogP contribution is -2.21. The van der Waals surface area contributed by atoms with Crippen LogP contribution in [0.25, 0.3) is 0 Å². The number of nitrogens with zero attached hydrogens (tertiary/aromatic N) is 6. The highest BCUT2D eigenvalue weighted by Crippen LogP contribution is 2.19. The summed E-state index contributed by atoms with van der Waals surface area (Å²) in [4.78, 5) is 4.23. The summed E-state index contributed by atoms with van der Waals surface area (Å²) in [6.45, 7) is 2.38. The van der Waals surface area contributed by atoms with Crippen molar-refractivity contribution in [2.75, 3.05) is 14.2 Å². The molecule has 0 aliphatic rings. The largest absolute Gasteiger partial charge is 0.354 e. The number of rotatable bonds is 8. The van der Waals surface area contributed by atoms with Crippen LogP contribution in [0.1, 0.15) is 18.6 Å². The van der Waals surface area contributed by atoms with Gasteiger partial charge in [0, 0.05) is 20.6 Å². The summed E-state index contributed by atoms with van der Waals surface area (Å²) in [6, 6.07) is 0. The molecule has 0 N–H and O–H groups in total. The molecule has 2 aromatic heterocycles. The number of tetrazole rings is 1. The van der Waals surface area contributed by atoms with Gasteiger partial charge in [-0.2, -0.15) is 4.98 Å². The highest BCUT2D eigenvalue weighted by Gasteiger charge is 2.14. The first kappa shape index (κ1) is 14.9. The van der Waals surface area contributed by atoms with Crippen LogP contribution in [0.4, 0.5) is 0 Å². The minimum atomic E-state index is -0.395. The maximum atomic E-state index is 5.12. The lowest BCUT2D eigenvalue weighted by atomic mass is 10.5. The van der Waals surface area contributed by atoms with E-state index in [2.05, 4.69) is 25.7 Å². The number of thioether (sulfide) groups is 1. The minimum Gasteiger partial charge on any atom is -0.354 e. The van der Waals surface area contributed by atoms with Crippen molar-refractivity contribution >= 4 is 11.8 Å². The Kier molecular flexibility index (Phi) is 5.44. The van der Waals surface area contributed by atoms with Gasteiger partial charge in [0.25, 0.3) is 0 Å². The van der Waals surface area contributed by atoms with Crippen LogP contribution in [0.5, 0.6) is 0 Å². The Hall–Kier alpha value is -1.52. The lowest BCUT2D eigenvalue weighted by molar-refractivity contribution is -0.113. The van der Waals surface area contributed by atoms with Gasteiger partial charge in [0.05, 0.1) is 12.3 Å². The molecule has 0 aromatic carbocycles. The number of methoxy groups -OCH3 is 2. The van der Waals surface area contributed by atoms with E-state index in [-0.39, 0.29) is 0 Å². The zero-order valence-corrected chi connectivity index (χ0v) is 12.3. The number of aryl methyl sites for hydroxylation is 1. The Morgan fingerprint density at radius 3 is 2.80 bits per heavy atom. The maximum absolute atomic E-state index is 5.12. The van der Waals surface area contributed by atoms with E-state index >= 15 is 0 Å². The van der Waals surface area contributed by atoms with Gasteiger partial charge >= 0.3 is 0 Å². The summed E-state index contributed by atoms with van der Waals surface area (Å²) in [5.41, 5.74) is 0. The number of aromatic nitrogens is 6. The van der Waals surface area contributed by atoms with Gasteiger partial charge in [-0.1, -0.05) is 23.8 Å². The zero-order chi connectivity index (χ0) is 14.4. The average molecular weight is 300 g/mol. The van der Waals surface area contributed by atoms with Crippen molar-refractivity contribution in [2.24, 2.45) is 0 Å². The molecule has 0 unspecified atom stereocenters. The quantitative estimate of drug-likeness (QED) is 0.510. The van der Waals surface area contributed by atoms with Gasteiger partial charge in [-0.3, -0.25) is 0 Å². The zero-order valence-electron chi connectivity index (χ0n) is 11.5. The van der Waals surface area contributed by atoms with Crippen LogP contribution in [-0.2, 0) is 28.2 Å². The normalized spacial score (nSPS) is 11.4. The summed E-state index contributed by atoms with van der Waals surface area (Å²) in [5.74, 6) is 1.76. The molecule has 10 heteroatoms. The summed E-state index contributed by atoms with van der Waals surface area (Å²) < 4.78 is 17.0. The molecular formula is C10H16N6O3S. The molecule has 2 rings (SSSR count). The first-order chi connectivity index (χ1) is 9.76. The van der Waals surface area contributed by atoms with Crippen molar-refractivity contribution in [1.29, 1.82) is 0 Å². The minimum absolute atomic E-state index is 0.395. The van der Waals surface area contributed by atoms with E-state index in [9.17, 15) is 0 Å². The van der Waals surface area contributed by atoms with Crippen molar-refractivity contribution in [1.82, 2.24) is 30.3 Å². The van der Waals surface area contributed by atoms with Gasteiger partial charge in [0.2, 0.25) is 11.0 Å². The molecule has 0 amide bonds. The standard InChI is InChI=1S/C10H16N6O3S/c1-4-7-11-8(19-13-7)6-20-10-12-14-15-16(10)5-9(17-2)18-3/h9H,4-6H2,1-3H3. The molecule has 0 fully saturated rings. The van der Waals surface area contributed by atoms with Crippen LogP contribution in [-0.4, -0.2) is 50.9 Å². The van der Waals surface area contributed by atoms with E-state index in [4.69, 9.17) is 14.0 Å². The summed E-state index contributed by atoms with van der Waals surface area (Å²) in [7, 11) is 3.13. The van der Waals surface area contributed by atoms with Crippen molar-refractivity contribution < 1.29 is 14.0 Å². The summed E-state index contributed by atoms with van der Waals surface area (Å²) in [5, 5.41) is 16.0. The SMILES string of the molecule is CCc1noc(CSc2nnnn2CC(OC)OC)n1. The third kappa shape index (κ3) is 3.74. The van der Waals surface area contributed by atoms with Crippen molar-refractivity contribution in [2.45, 2.75) is 37.1 Å². The van der Waals surface area contributed by atoms with E-state index in [0.29, 0.717) is 29.2 Å². The fourth-order valence-electron chi connectivity index (χ4n) is 1.42. The van der Waals surface area contributed by atoms with Gasteiger partial charge in [-0.05, 0) is 10.4 Å². The third-order valence-electron chi connectivity index (χ3n) is 2.50. The predicted octanol–water partition coefficient (Wildman–Crippen LogP) is 0.530. The van der Waals surface area contributed by atoms with E-state index in [0.717, 1.165) is 6.42 Å². The van der Waals surface area contributed by atoms with Crippen LogP contribution in [0.2, 0.25) is 0 Å². The molecule has 9 nitrogen and oxygen atoms in total. The van der Waals surface area contributed by atoms with Crippen molar-refractivity contribution in [3.05, 3.63) is 11.7 Å². The second kappa shape index (κ2) is 7.31. The Bertz CT molecular complexity index is 527. The molecule has 2 aromatic rings. The Labute approximate surface area is 120 Å². The van der Waals surface area contributed by atoms with Crippen molar-refractivity contribution in [3.63, 3.8) is 0 Å². The Morgan fingerprint density at radius 2 is 2.15 bits per heavy atom. The molecule has 20 heavy (non-hydrogen) atoms. The smallest absolute Gasteiger partial charge is 0.237 e. The van der Waals surface area contributed by atoms with E-state index in [1.807, 2.05) is 6.92 Å². The van der Waals surface area contributed by atoms with Crippen LogP contribution < -0.4 is 0 Å². The molecule has 0 radical (unpaired) electrons. The second-order valence-electron chi connectivity index (χ2n) is 3.79. The van der Waals surface area contributed by atoms with Gasteiger partial charge < -0.3 is 14.0 Å². The molecule has 0 atom stereocenters.